The maximum absolute atomic E-state index is 6.21. The zero-order chi connectivity index (χ0) is 13.9. The van der Waals surface area contributed by atoms with Crippen molar-refractivity contribution in [3.8, 4) is 11.3 Å². The highest BCUT2D eigenvalue weighted by Crippen LogP contribution is 2.28. The fourth-order valence-electron chi connectivity index (χ4n) is 2.09. The second-order valence-corrected chi connectivity index (χ2v) is 6.16. The van der Waals surface area contributed by atoms with Crippen LogP contribution in [0, 0.1) is 0 Å². The third-order valence-electron chi connectivity index (χ3n) is 3.12. The van der Waals surface area contributed by atoms with Crippen molar-refractivity contribution in [2.75, 3.05) is 0 Å². The number of hydrogen-bond donors (Lipinski definition) is 2. The van der Waals surface area contributed by atoms with Crippen LogP contribution >= 0.6 is 22.9 Å². The highest BCUT2D eigenvalue weighted by Gasteiger charge is 2.12. The van der Waals surface area contributed by atoms with Crippen molar-refractivity contribution in [2.24, 2.45) is 5.73 Å². The van der Waals surface area contributed by atoms with Crippen LogP contribution in [-0.2, 0) is 6.42 Å². The first-order valence-electron chi connectivity index (χ1n) is 6.31. The van der Waals surface area contributed by atoms with Gasteiger partial charge in [-0.2, -0.15) is 0 Å². The standard InChI is InChI=1S/C15H14ClN3S/c16-14-7-11(9-20-14)13-8-18-15(19-13)12(17)6-10-4-2-1-3-5-10/h1-5,7-9,12H,6,17H2,(H,18,19). The molecule has 102 valence electrons. The number of H-pyrrole nitrogens is 1. The molecule has 3 rings (SSSR count). The molecule has 0 bridgehead atoms. The average Bonchev–Trinajstić information content (AvgIpc) is 3.08. The van der Waals surface area contributed by atoms with Gasteiger partial charge in [0.1, 0.15) is 5.82 Å². The number of thiophene rings is 1. The van der Waals surface area contributed by atoms with Gasteiger partial charge in [-0.1, -0.05) is 41.9 Å². The maximum Gasteiger partial charge on any atom is 0.123 e. The molecular weight excluding hydrogens is 290 g/mol. The molecule has 0 fully saturated rings. The van der Waals surface area contributed by atoms with E-state index in [-0.39, 0.29) is 6.04 Å². The molecule has 5 heteroatoms. The van der Waals surface area contributed by atoms with Gasteiger partial charge in [0.25, 0.3) is 0 Å². The molecule has 20 heavy (non-hydrogen) atoms. The van der Waals surface area contributed by atoms with Gasteiger partial charge in [0, 0.05) is 10.9 Å². The molecule has 3 aromatic rings. The summed E-state index contributed by atoms with van der Waals surface area (Å²) in [4.78, 5) is 7.65. The molecule has 2 heterocycles. The number of imidazole rings is 1. The molecule has 1 aromatic carbocycles. The molecule has 0 radical (unpaired) electrons. The van der Waals surface area contributed by atoms with Gasteiger partial charge in [0.15, 0.2) is 0 Å². The van der Waals surface area contributed by atoms with Gasteiger partial charge in [0.2, 0.25) is 0 Å². The lowest BCUT2D eigenvalue weighted by Crippen LogP contribution is -2.14. The first-order valence-corrected chi connectivity index (χ1v) is 7.57. The molecular formula is C15H14ClN3S. The van der Waals surface area contributed by atoms with E-state index < -0.39 is 0 Å². The predicted molar refractivity (Wildman–Crippen MR) is 84.0 cm³/mol. The van der Waals surface area contributed by atoms with Crippen LogP contribution in [0.4, 0.5) is 0 Å². The van der Waals surface area contributed by atoms with Gasteiger partial charge >= 0.3 is 0 Å². The number of aromatic amines is 1. The Labute approximate surface area is 126 Å². The van der Waals surface area contributed by atoms with Gasteiger partial charge in [0.05, 0.1) is 22.3 Å². The highest BCUT2D eigenvalue weighted by atomic mass is 35.5. The Balaban J connectivity index is 1.76. The Bertz CT molecular complexity index is 690. The quantitative estimate of drug-likeness (QED) is 0.764. The highest BCUT2D eigenvalue weighted by molar-refractivity contribution is 7.14. The largest absolute Gasteiger partial charge is 0.341 e. The molecule has 0 saturated heterocycles. The topological polar surface area (TPSA) is 54.7 Å². The minimum absolute atomic E-state index is 0.139. The second kappa shape index (κ2) is 5.79. The van der Waals surface area contributed by atoms with Crippen molar-refractivity contribution in [1.29, 1.82) is 0 Å². The zero-order valence-electron chi connectivity index (χ0n) is 10.7. The van der Waals surface area contributed by atoms with E-state index in [9.17, 15) is 0 Å². The first-order chi connectivity index (χ1) is 9.72. The molecule has 1 unspecified atom stereocenters. The minimum atomic E-state index is -0.139. The number of rotatable bonds is 4. The van der Waals surface area contributed by atoms with Crippen LogP contribution in [-0.4, -0.2) is 9.97 Å². The number of hydrogen-bond acceptors (Lipinski definition) is 3. The van der Waals surface area contributed by atoms with E-state index in [1.165, 1.54) is 16.9 Å². The summed E-state index contributed by atoms with van der Waals surface area (Å²) >= 11 is 7.45. The fraction of sp³-hybridized carbons (Fsp3) is 0.133. The molecule has 2 aromatic heterocycles. The Morgan fingerprint density at radius 3 is 2.80 bits per heavy atom. The number of halogens is 1. The van der Waals surface area contributed by atoms with Crippen LogP contribution in [0.2, 0.25) is 4.34 Å². The molecule has 0 aliphatic carbocycles. The monoisotopic (exact) mass is 303 g/mol. The van der Waals surface area contributed by atoms with E-state index in [1.807, 2.05) is 29.6 Å². The number of nitrogens with one attached hydrogen (secondary N) is 1. The van der Waals surface area contributed by atoms with Crippen molar-refractivity contribution < 1.29 is 0 Å². The van der Waals surface area contributed by atoms with Gasteiger partial charge < -0.3 is 10.7 Å². The van der Waals surface area contributed by atoms with Crippen molar-refractivity contribution in [2.45, 2.75) is 12.5 Å². The van der Waals surface area contributed by atoms with Crippen LogP contribution in [0.3, 0.4) is 0 Å². The normalized spacial score (nSPS) is 12.5. The summed E-state index contributed by atoms with van der Waals surface area (Å²) in [6.45, 7) is 0. The summed E-state index contributed by atoms with van der Waals surface area (Å²) in [6.07, 6.45) is 2.57. The molecule has 3 nitrogen and oxygen atoms in total. The second-order valence-electron chi connectivity index (χ2n) is 4.62. The lowest BCUT2D eigenvalue weighted by Gasteiger charge is -2.08. The number of nitrogens with zero attached hydrogens (tertiary/aromatic N) is 1. The third kappa shape index (κ3) is 2.93. The first kappa shape index (κ1) is 13.4. The number of nitrogens with two attached hydrogens (primary N) is 1. The Morgan fingerprint density at radius 1 is 1.30 bits per heavy atom. The van der Waals surface area contributed by atoms with Crippen LogP contribution in [0.15, 0.2) is 48.0 Å². The van der Waals surface area contributed by atoms with Crippen molar-refractivity contribution in [3.05, 3.63) is 63.7 Å². The Morgan fingerprint density at radius 2 is 2.10 bits per heavy atom. The van der Waals surface area contributed by atoms with Crippen LogP contribution in [0.1, 0.15) is 17.4 Å². The van der Waals surface area contributed by atoms with Gasteiger partial charge in [-0.15, -0.1) is 11.3 Å². The molecule has 1 atom stereocenters. The van der Waals surface area contributed by atoms with E-state index in [0.29, 0.717) is 0 Å². The third-order valence-corrected chi connectivity index (χ3v) is 4.21. The molecule has 0 aliphatic heterocycles. The molecule has 0 spiro atoms. The summed E-state index contributed by atoms with van der Waals surface area (Å²) in [5.41, 5.74) is 9.41. The SMILES string of the molecule is NC(Cc1ccccc1)c1ncc(-c2csc(Cl)c2)[nH]1. The van der Waals surface area contributed by atoms with Crippen molar-refractivity contribution in [3.63, 3.8) is 0 Å². The van der Waals surface area contributed by atoms with Gasteiger partial charge in [-0.3, -0.25) is 0 Å². The lowest BCUT2D eigenvalue weighted by molar-refractivity contribution is 0.678. The average molecular weight is 304 g/mol. The molecule has 3 N–H and O–H groups in total. The summed E-state index contributed by atoms with van der Waals surface area (Å²) < 4.78 is 0.768. The smallest absolute Gasteiger partial charge is 0.123 e. The Hall–Kier alpha value is -1.62. The predicted octanol–water partition coefficient (Wildman–Crippen LogP) is 4.03. The van der Waals surface area contributed by atoms with Crippen LogP contribution in [0.25, 0.3) is 11.3 Å². The Kier molecular flexibility index (Phi) is 3.87. The molecule has 0 aliphatic rings. The van der Waals surface area contributed by atoms with Crippen molar-refractivity contribution in [1.82, 2.24) is 9.97 Å². The maximum atomic E-state index is 6.21. The molecule has 0 saturated carbocycles. The number of benzene rings is 1. The minimum Gasteiger partial charge on any atom is -0.341 e. The lowest BCUT2D eigenvalue weighted by atomic mass is 10.1. The number of aromatic nitrogens is 2. The zero-order valence-corrected chi connectivity index (χ0v) is 12.3. The van der Waals surface area contributed by atoms with Crippen molar-refractivity contribution >= 4 is 22.9 Å². The van der Waals surface area contributed by atoms with E-state index >= 15 is 0 Å². The van der Waals surface area contributed by atoms with Gasteiger partial charge in [-0.25, -0.2) is 4.98 Å². The van der Waals surface area contributed by atoms with Crippen LogP contribution < -0.4 is 5.73 Å². The fourth-order valence-corrected chi connectivity index (χ4v) is 2.97. The van der Waals surface area contributed by atoms with E-state index in [0.717, 1.165) is 27.8 Å². The molecule has 0 amide bonds. The summed E-state index contributed by atoms with van der Waals surface area (Å²) in [5, 5.41) is 2.00. The summed E-state index contributed by atoms with van der Waals surface area (Å²) in [5.74, 6) is 0.797. The van der Waals surface area contributed by atoms with Gasteiger partial charge in [-0.05, 0) is 18.1 Å². The van der Waals surface area contributed by atoms with E-state index in [1.54, 1.807) is 6.20 Å². The summed E-state index contributed by atoms with van der Waals surface area (Å²) in [6, 6.07) is 12.0. The summed E-state index contributed by atoms with van der Waals surface area (Å²) in [7, 11) is 0. The van der Waals surface area contributed by atoms with E-state index in [4.69, 9.17) is 17.3 Å². The van der Waals surface area contributed by atoms with Crippen LogP contribution in [0.5, 0.6) is 0 Å². The van der Waals surface area contributed by atoms with E-state index in [2.05, 4.69) is 22.1 Å².